The van der Waals surface area contributed by atoms with Crippen molar-refractivity contribution in [3.8, 4) is 5.75 Å². The smallest absolute Gasteiger partial charge is 0.341 e. The van der Waals surface area contributed by atoms with Crippen molar-refractivity contribution >= 4 is 11.7 Å². The van der Waals surface area contributed by atoms with Gasteiger partial charge in [0.05, 0.1) is 12.3 Å². The Morgan fingerprint density at radius 2 is 2.23 bits per heavy atom. The summed E-state index contributed by atoms with van der Waals surface area (Å²) in [6.45, 7) is 2.45. The summed E-state index contributed by atoms with van der Waals surface area (Å²) in [6, 6.07) is 9.89. The number of hydrogen-bond acceptors (Lipinski definition) is 5. The number of nitrogens with one attached hydrogen (secondary N) is 1. The first-order valence-electron chi connectivity index (χ1n) is 11.1. The van der Waals surface area contributed by atoms with Crippen LogP contribution in [0.5, 0.6) is 5.75 Å². The molecule has 1 aliphatic carbocycles. The molecular weight excluding hydrogens is 392 g/mol. The van der Waals surface area contributed by atoms with Crippen molar-refractivity contribution in [2.24, 2.45) is 0 Å². The zero-order valence-electron chi connectivity index (χ0n) is 18.2. The lowest BCUT2D eigenvalue weighted by Gasteiger charge is -2.27. The number of benzene rings is 1. The molecule has 1 heterocycles. The van der Waals surface area contributed by atoms with E-state index in [9.17, 15) is 4.79 Å². The van der Waals surface area contributed by atoms with E-state index in [2.05, 4.69) is 29.5 Å². The molecule has 0 fully saturated rings. The Morgan fingerprint density at radius 3 is 3.00 bits per heavy atom. The number of carbonyl (C=O) groups is 1. The average Bonchev–Trinajstić information content (AvgIpc) is 2.80. The molecule has 0 saturated carbocycles. The number of aromatic nitrogens is 1. The van der Waals surface area contributed by atoms with Gasteiger partial charge in [0.2, 0.25) is 0 Å². The van der Waals surface area contributed by atoms with Crippen LogP contribution in [0.25, 0.3) is 5.70 Å². The number of ether oxygens (including phenoxy) is 1. The highest BCUT2D eigenvalue weighted by Crippen LogP contribution is 2.38. The summed E-state index contributed by atoms with van der Waals surface area (Å²) >= 11 is 0. The van der Waals surface area contributed by atoms with E-state index in [4.69, 9.17) is 14.7 Å². The fourth-order valence-corrected chi connectivity index (χ4v) is 4.01. The number of rotatable bonds is 12. The van der Waals surface area contributed by atoms with Crippen LogP contribution in [-0.2, 0) is 16.1 Å². The van der Waals surface area contributed by atoms with Crippen LogP contribution >= 0.6 is 0 Å². The Labute approximate surface area is 184 Å². The van der Waals surface area contributed by atoms with Crippen LogP contribution in [0.4, 0.5) is 0 Å². The molecule has 2 aromatic rings. The van der Waals surface area contributed by atoms with Gasteiger partial charge in [0.25, 0.3) is 0 Å². The average molecular weight is 425 g/mol. The molecule has 1 aromatic carbocycles. The maximum atomic E-state index is 10.9. The van der Waals surface area contributed by atoms with E-state index < -0.39 is 5.97 Å². The zero-order valence-corrected chi connectivity index (χ0v) is 18.2. The molecule has 0 aliphatic heterocycles. The van der Waals surface area contributed by atoms with E-state index in [1.807, 2.05) is 30.5 Å². The van der Waals surface area contributed by atoms with Crippen LogP contribution in [0, 0.1) is 0 Å². The fourth-order valence-electron chi connectivity index (χ4n) is 4.01. The van der Waals surface area contributed by atoms with Crippen LogP contribution in [0.15, 0.2) is 48.8 Å². The second-order valence-corrected chi connectivity index (χ2v) is 7.84. The third kappa shape index (κ3) is 6.82. The Balaban J connectivity index is 1.57. The first kappa shape index (κ1) is 22.8. The van der Waals surface area contributed by atoms with E-state index in [0.717, 1.165) is 61.8 Å². The molecule has 1 aromatic heterocycles. The standard InChI is InChI=1S/C25H32N2O4/c1-2-3-4-12-23(20-9-7-15-26-17-20)27-31-16-14-19-8-5-11-22-21(19)10-6-13-24(22)30-18-25(28)29/h6-7,9-10,12-13,15,17,19,27H,2-5,8,11,14,16,18H2,1H3,(H,28,29). The number of carboxylic acid groups (broad SMARTS) is 1. The predicted molar refractivity (Wildman–Crippen MR) is 121 cm³/mol. The molecule has 0 radical (unpaired) electrons. The van der Waals surface area contributed by atoms with Crippen molar-refractivity contribution in [1.29, 1.82) is 0 Å². The van der Waals surface area contributed by atoms with E-state index in [-0.39, 0.29) is 6.61 Å². The van der Waals surface area contributed by atoms with Crippen LogP contribution in [0.2, 0.25) is 0 Å². The third-order valence-electron chi connectivity index (χ3n) is 5.57. The summed E-state index contributed by atoms with van der Waals surface area (Å²) in [7, 11) is 0. The number of allylic oxidation sites excluding steroid dienone is 1. The quantitative estimate of drug-likeness (QED) is 0.364. The Bertz CT molecular complexity index is 867. The number of hydrogen-bond donors (Lipinski definition) is 2. The van der Waals surface area contributed by atoms with Gasteiger partial charge in [0.1, 0.15) is 5.75 Å². The molecule has 0 amide bonds. The number of nitrogens with zero attached hydrogens (tertiary/aromatic N) is 1. The highest BCUT2D eigenvalue weighted by molar-refractivity contribution is 5.68. The highest BCUT2D eigenvalue weighted by Gasteiger charge is 2.23. The number of unbranched alkanes of at least 4 members (excludes halogenated alkanes) is 2. The minimum absolute atomic E-state index is 0.310. The normalized spacial score (nSPS) is 15.9. The topological polar surface area (TPSA) is 80.7 Å². The van der Waals surface area contributed by atoms with E-state index in [1.54, 1.807) is 6.20 Å². The van der Waals surface area contributed by atoms with Gasteiger partial charge in [-0.1, -0.05) is 31.6 Å². The lowest BCUT2D eigenvalue weighted by atomic mass is 9.81. The van der Waals surface area contributed by atoms with Crippen molar-refractivity contribution in [3.63, 3.8) is 0 Å². The summed E-state index contributed by atoms with van der Waals surface area (Å²) in [5, 5.41) is 8.91. The van der Waals surface area contributed by atoms with Gasteiger partial charge >= 0.3 is 5.97 Å². The van der Waals surface area contributed by atoms with Gasteiger partial charge in [-0.3, -0.25) is 15.3 Å². The molecule has 0 saturated heterocycles. The fraction of sp³-hybridized carbons (Fsp3) is 0.440. The minimum atomic E-state index is -0.958. The van der Waals surface area contributed by atoms with E-state index in [0.29, 0.717) is 18.3 Å². The molecule has 3 rings (SSSR count). The minimum Gasteiger partial charge on any atom is -0.482 e. The largest absolute Gasteiger partial charge is 0.482 e. The molecule has 1 atom stereocenters. The van der Waals surface area contributed by atoms with Gasteiger partial charge < -0.3 is 9.84 Å². The number of hydroxylamine groups is 1. The Morgan fingerprint density at radius 1 is 1.32 bits per heavy atom. The molecule has 6 heteroatoms. The first-order chi connectivity index (χ1) is 15.2. The van der Waals surface area contributed by atoms with E-state index >= 15 is 0 Å². The number of aliphatic carboxylic acids is 1. The van der Waals surface area contributed by atoms with Gasteiger partial charge in [-0.05, 0) is 73.8 Å². The van der Waals surface area contributed by atoms with Gasteiger partial charge in [0, 0.05) is 18.0 Å². The second kappa shape index (κ2) is 12.1. The van der Waals surface area contributed by atoms with Gasteiger partial charge in [-0.2, -0.15) is 0 Å². The summed E-state index contributed by atoms with van der Waals surface area (Å²) in [5.74, 6) is 0.118. The van der Waals surface area contributed by atoms with Gasteiger partial charge in [-0.15, -0.1) is 0 Å². The SMILES string of the molecule is CCCCC=C(NOCCC1CCCc2c(OCC(=O)O)cccc21)c1cccnc1. The van der Waals surface area contributed by atoms with Crippen molar-refractivity contribution in [2.75, 3.05) is 13.2 Å². The summed E-state index contributed by atoms with van der Waals surface area (Å²) in [4.78, 5) is 20.9. The molecule has 166 valence electrons. The maximum Gasteiger partial charge on any atom is 0.341 e. The summed E-state index contributed by atoms with van der Waals surface area (Å²) < 4.78 is 5.51. The lowest BCUT2D eigenvalue weighted by molar-refractivity contribution is -0.139. The number of carboxylic acids is 1. The molecule has 1 aliphatic rings. The Kier molecular flexibility index (Phi) is 8.91. The summed E-state index contributed by atoms with van der Waals surface area (Å²) in [6.07, 6.45) is 13.0. The van der Waals surface area contributed by atoms with Crippen molar-refractivity contribution in [2.45, 2.75) is 57.8 Å². The van der Waals surface area contributed by atoms with E-state index in [1.165, 1.54) is 5.56 Å². The zero-order chi connectivity index (χ0) is 21.9. The number of pyridine rings is 1. The third-order valence-corrected chi connectivity index (χ3v) is 5.57. The van der Waals surface area contributed by atoms with Crippen molar-refractivity contribution in [1.82, 2.24) is 10.5 Å². The van der Waals surface area contributed by atoms with Crippen LogP contribution in [0.1, 0.15) is 68.1 Å². The molecule has 0 spiro atoms. The van der Waals surface area contributed by atoms with Crippen LogP contribution < -0.4 is 10.2 Å². The molecule has 0 bridgehead atoms. The molecule has 31 heavy (non-hydrogen) atoms. The molecule has 1 unspecified atom stereocenters. The molecular formula is C25H32N2O4. The second-order valence-electron chi connectivity index (χ2n) is 7.84. The molecule has 6 nitrogen and oxygen atoms in total. The Hall–Kier alpha value is -2.86. The maximum absolute atomic E-state index is 10.9. The monoisotopic (exact) mass is 424 g/mol. The van der Waals surface area contributed by atoms with Gasteiger partial charge in [0.15, 0.2) is 6.61 Å². The van der Waals surface area contributed by atoms with Crippen molar-refractivity contribution in [3.05, 3.63) is 65.5 Å². The first-order valence-corrected chi connectivity index (χ1v) is 11.1. The lowest BCUT2D eigenvalue weighted by Crippen LogP contribution is -2.18. The van der Waals surface area contributed by atoms with Crippen LogP contribution in [-0.4, -0.2) is 29.3 Å². The molecule has 2 N–H and O–H groups in total. The van der Waals surface area contributed by atoms with Crippen molar-refractivity contribution < 1.29 is 19.5 Å². The number of fused-ring (bicyclic) bond motifs is 1. The predicted octanol–water partition coefficient (Wildman–Crippen LogP) is 5.11. The highest BCUT2D eigenvalue weighted by atomic mass is 16.6. The summed E-state index contributed by atoms with van der Waals surface area (Å²) in [5.41, 5.74) is 7.50. The van der Waals surface area contributed by atoms with Crippen LogP contribution in [0.3, 0.4) is 0 Å². The van der Waals surface area contributed by atoms with Gasteiger partial charge in [-0.25, -0.2) is 4.79 Å².